The molecule has 0 saturated heterocycles. The van der Waals surface area contributed by atoms with E-state index in [1.54, 1.807) is 6.07 Å². The van der Waals surface area contributed by atoms with Crippen molar-refractivity contribution in [2.45, 2.75) is 32.9 Å². The number of hydrogen-bond acceptors (Lipinski definition) is 4. The van der Waals surface area contributed by atoms with Crippen molar-refractivity contribution in [1.29, 1.82) is 0 Å². The van der Waals surface area contributed by atoms with Crippen molar-refractivity contribution in [2.24, 2.45) is 0 Å². The van der Waals surface area contributed by atoms with Crippen molar-refractivity contribution < 1.29 is 14.3 Å². The molecule has 5 heteroatoms. The maximum atomic E-state index is 10.8. The molecule has 1 atom stereocenters. The monoisotopic (exact) mass is 271 g/mol. The topological polar surface area (TPSA) is 53.7 Å². The van der Waals surface area contributed by atoms with Gasteiger partial charge in [-0.15, -0.1) is 0 Å². The molecule has 1 aromatic heterocycles. The number of aromatic carboxylic acids is 1. The van der Waals surface area contributed by atoms with Crippen LogP contribution in [0.4, 0.5) is 0 Å². The van der Waals surface area contributed by atoms with E-state index in [2.05, 4.69) is 25.1 Å². The van der Waals surface area contributed by atoms with Gasteiger partial charge < -0.3 is 9.52 Å². The summed E-state index contributed by atoms with van der Waals surface area (Å²) < 4.78 is 5.22. The average molecular weight is 271 g/mol. The minimum absolute atomic E-state index is 0.0221. The lowest BCUT2D eigenvalue weighted by Gasteiger charge is -2.26. The third-order valence-electron chi connectivity index (χ3n) is 3.10. The normalized spacial score (nSPS) is 12.9. The Hall–Kier alpha value is -0.940. The zero-order valence-electron chi connectivity index (χ0n) is 11.4. The minimum atomic E-state index is -1.01. The molecule has 0 saturated carbocycles. The summed E-state index contributed by atoms with van der Waals surface area (Å²) in [5.74, 6) is 0.783. The average Bonchev–Trinajstić information content (AvgIpc) is 2.68. The smallest absolute Gasteiger partial charge is 0.371 e. The standard InChI is InChI=1S/C13H21NO3S/c1-5-11(8-18-4)14(3)7-10-6-12(13(15)16)17-9(10)2/h6,11H,5,7-8H2,1-4H3,(H,15,16). The molecule has 1 rings (SSSR count). The molecule has 1 N–H and O–H groups in total. The van der Waals surface area contributed by atoms with Crippen molar-refractivity contribution in [3.05, 3.63) is 23.2 Å². The van der Waals surface area contributed by atoms with Crippen LogP contribution in [-0.4, -0.2) is 41.1 Å². The summed E-state index contributed by atoms with van der Waals surface area (Å²) >= 11 is 1.83. The highest BCUT2D eigenvalue weighted by Gasteiger charge is 2.17. The fraction of sp³-hybridized carbons (Fsp3) is 0.615. The Morgan fingerprint density at radius 3 is 2.72 bits per heavy atom. The van der Waals surface area contributed by atoms with Crippen molar-refractivity contribution in [3.63, 3.8) is 0 Å². The number of aryl methyl sites for hydroxylation is 1. The van der Waals surface area contributed by atoms with Gasteiger partial charge in [0.2, 0.25) is 5.76 Å². The molecule has 0 aliphatic heterocycles. The van der Waals surface area contributed by atoms with Crippen LogP contribution in [0, 0.1) is 6.92 Å². The molecule has 0 spiro atoms. The van der Waals surface area contributed by atoms with Gasteiger partial charge in [-0.05, 0) is 32.7 Å². The highest BCUT2D eigenvalue weighted by atomic mass is 32.2. The Morgan fingerprint density at radius 2 is 2.28 bits per heavy atom. The molecule has 1 heterocycles. The number of carbonyl (C=O) groups is 1. The van der Waals surface area contributed by atoms with Crippen LogP contribution in [0.15, 0.2) is 10.5 Å². The summed E-state index contributed by atoms with van der Waals surface area (Å²) in [6.45, 7) is 4.70. The lowest BCUT2D eigenvalue weighted by molar-refractivity contribution is 0.0661. The molecular formula is C13H21NO3S. The van der Waals surface area contributed by atoms with E-state index in [1.807, 2.05) is 18.7 Å². The van der Waals surface area contributed by atoms with E-state index in [0.29, 0.717) is 11.8 Å². The Labute approximate surface area is 112 Å². The second kappa shape index (κ2) is 6.85. The van der Waals surface area contributed by atoms with Crippen LogP contribution in [0.5, 0.6) is 0 Å². The number of carboxylic acids is 1. The summed E-state index contributed by atoms with van der Waals surface area (Å²) in [6, 6.07) is 2.13. The molecule has 4 nitrogen and oxygen atoms in total. The number of nitrogens with zero attached hydrogens (tertiary/aromatic N) is 1. The SMILES string of the molecule is CCC(CSC)N(C)Cc1cc(C(=O)O)oc1C. The molecule has 0 aliphatic carbocycles. The van der Waals surface area contributed by atoms with Gasteiger partial charge in [-0.1, -0.05) is 6.92 Å². The molecule has 18 heavy (non-hydrogen) atoms. The van der Waals surface area contributed by atoms with E-state index in [9.17, 15) is 4.79 Å². The molecule has 102 valence electrons. The number of furan rings is 1. The zero-order valence-corrected chi connectivity index (χ0v) is 12.2. The van der Waals surface area contributed by atoms with Gasteiger partial charge >= 0.3 is 5.97 Å². The Balaban J connectivity index is 2.74. The molecular weight excluding hydrogens is 250 g/mol. The number of rotatable bonds is 7. The third-order valence-corrected chi connectivity index (χ3v) is 3.82. The molecule has 0 radical (unpaired) electrons. The first-order valence-electron chi connectivity index (χ1n) is 6.01. The van der Waals surface area contributed by atoms with Crippen LogP contribution in [0.1, 0.15) is 35.2 Å². The first-order chi connectivity index (χ1) is 8.49. The summed E-state index contributed by atoms with van der Waals surface area (Å²) in [5.41, 5.74) is 0.953. The third kappa shape index (κ3) is 3.78. The van der Waals surface area contributed by atoms with E-state index in [1.165, 1.54) is 0 Å². The van der Waals surface area contributed by atoms with Crippen LogP contribution in [0.3, 0.4) is 0 Å². The number of carboxylic acid groups (broad SMARTS) is 1. The van der Waals surface area contributed by atoms with Crippen LogP contribution in [0.25, 0.3) is 0 Å². The highest BCUT2D eigenvalue weighted by Crippen LogP contribution is 2.18. The summed E-state index contributed by atoms with van der Waals surface area (Å²) in [6.07, 6.45) is 3.18. The van der Waals surface area contributed by atoms with Crippen molar-refractivity contribution >= 4 is 17.7 Å². The van der Waals surface area contributed by atoms with E-state index < -0.39 is 5.97 Å². The lowest BCUT2D eigenvalue weighted by Crippen LogP contribution is -2.32. The second-order valence-corrected chi connectivity index (χ2v) is 5.34. The predicted molar refractivity (Wildman–Crippen MR) is 74.3 cm³/mol. The van der Waals surface area contributed by atoms with Gasteiger partial charge in [-0.2, -0.15) is 11.8 Å². The van der Waals surface area contributed by atoms with E-state index in [-0.39, 0.29) is 5.76 Å². The molecule has 1 aromatic rings. The quantitative estimate of drug-likeness (QED) is 0.826. The number of hydrogen-bond donors (Lipinski definition) is 1. The summed E-state index contributed by atoms with van der Waals surface area (Å²) in [7, 11) is 2.07. The number of thioether (sulfide) groups is 1. The first-order valence-corrected chi connectivity index (χ1v) is 7.40. The van der Waals surface area contributed by atoms with Gasteiger partial charge in [0.1, 0.15) is 5.76 Å². The summed E-state index contributed by atoms with van der Waals surface area (Å²) in [5, 5.41) is 8.89. The van der Waals surface area contributed by atoms with Gasteiger partial charge in [-0.3, -0.25) is 4.90 Å². The Morgan fingerprint density at radius 1 is 1.61 bits per heavy atom. The fourth-order valence-electron chi connectivity index (χ4n) is 1.93. The van der Waals surface area contributed by atoms with Gasteiger partial charge in [0.25, 0.3) is 0 Å². The van der Waals surface area contributed by atoms with Gasteiger partial charge in [-0.25, -0.2) is 4.79 Å². The van der Waals surface area contributed by atoms with Crippen LogP contribution in [0.2, 0.25) is 0 Å². The molecule has 1 unspecified atom stereocenters. The van der Waals surface area contributed by atoms with Crippen molar-refractivity contribution in [2.75, 3.05) is 19.1 Å². The maximum absolute atomic E-state index is 10.8. The Bertz CT molecular complexity index is 403. The largest absolute Gasteiger partial charge is 0.475 e. The minimum Gasteiger partial charge on any atom is -0.475 e. The van der Waals surface area contributed by atoms with Crippen LogP contribution >= 0.6 is 11.8 Å². The van der Waals surface area contributed by atoms with E-state index in [4.69, 9.17) is 9.52 Å². The molecule has 0 fully saturated rings. The van der Waals surface area contributed by atoms with E-state index in [0.717, 1.165) is 24.3 Å². The fourth-order valence-corrected chi connectivity index (χ4v) is 2.80. The summed E-state index contributed by atoms with van der Waals surface area (Å²) in [4.78, 5) is 13.1. The van der Waals surface area contributed by atoms with Crippen LogP contribution < -0.4 is 0 Å². The van der Waals surface area contributed by atoms with Crippen molar-refractivity contribution in [3.8, 4) is 0 Å². The molecule has 0 aliphatic rings. The Kier molecular flexibility index (Phi) is 5.75. The molecule has 0 amide bonds. The predicted octanol–water partition coefficient (Wildman–Crippen LogP) is 2.86. The molecule has 0 aromatic carbocycles. The lowest BCUT2D eigenvalue weighted by atomic mass is 10.2. The van der Waals surface area contributed by atoms with Gasteiger partial charge in [0.15, 0.2) is 0 Å². The van der Waals surface area contributed by atoms with Crippen molar-refractivity contribution in [1.82, 2.24) is 4.90 Å². The van der Waals surface area contributed by atoms with Crippen LogP contribution in [-0.2, 0) is 6.54 Å². The van der Waals surface area contributed by atoms with E-state index >= 15 is 0 Å². The maximum Gasteiger partial charge on any atom is 0.371 e. The second-order valence-electron chi connectivity index (χ2n) is 4.43. The molecule has 0 bridgehead atoms. The van der Waals surface area contributed by atoms with Gasteiger partial charge in [0.05, 0.1) is 0 Å². The first kappa shape index (κ1) is 15.1. The highest BCUT2D eigenvalue weighted by molar-refractivity contribution is 7.98. The van der Waals surface area contributed by atoms with Gasteiger partial charge in [0, 0.05) is 23.9 Å². The zero-order chi connectivity index (χ0) is 13.7.